The molecule has 168 valence electrons. The number of ether oxygens (including phenoxy) is 2. The molecule has 6 atom stereocenters. The van der Waals surface area contributed by atoms with E-state index in [0.717, 1.165) is 6.08 Å². The number of carbonyl (C=O) groups is 2. The van der Waals surface area contributed by atoms with Crippen LogP contribution in [0.1, 0.15) is 64.6 Å². The second kappa shape index (κ2) is 7.77. The van der Waals surface area contributed by atoms with Crippen molar-refractivity contribution in [2.75, 3.05) is 6.61 Å². The Balaban J connectivity index is 1.80. The summed E-state index contributed by atoms with van der Waals surface area (Å²) in [5.74, 6) is -3.15. The Morgan fingerprint density at radius 2 is 1.94 bits per heavy atom. The van der Waals surface area contributed by atoms with Crippen molar-refractivity contribution in [1.82, 2.24) is 0 Å². The second-order valence-electron chi connectivity index (χ2n) is 8.52. The van der Waals surface area contributed by atoms with Gasteiger partial charge in [0.1, 0.15) is 30.2 Å². The van der Waals surface area contributed by atoms with E-state index in [1.807, 2.05) is 6.92 Å². The topological polar surface area (TPSA) is 154 Å². The molecule has 0 radical (unpaired) electrons. The standard InChI is InChI=1S/C22H26O9/c1-3-4-13-15-9(7-22(2,29)31-13)5-10-12(24)6-11(17(25)16(10)19(15)27)21-20(28)18(26)14(8-23)30-21/h5-6,13-14,18,20-21,23,26-29H,3-4,7-8H2,1-2H3/t13-,14-,18-,20-,21+,22-/m1/s1. The average molecular weight is 434 g/mol. The highest BCUT2D eigenvalue weighted by atomic mass is 16.6. The molecule has 2 heterocycles. The summed E-state index contributed by atoms with van der Waals surface area (Å²) >= 11 is 0. The average Bonchev–Trinajstić information content (AvgIpc) is 2.97. The number of phenolic OH excluding ortho intramolecular Hbond substituents is 1. The van der Waals surface area contributed by atoms with E-state index in [2.05, 4.69) is 0 Å². The number of benzene rings is 1. The Morgan fingerprint density at radius 3 is 2.55 bits per heavy atom. The summed E-state index contributed by atoms with van der Waals surface area (Å²) < 4.78 is 11.1. The Kier molecular flexibility index (Phi) is 5.53. The van der Waals surface area contributed by atoms with Gasteiger partial charge in [-0.15, -0.1) is 0 Å². The molecule has 0 amide bonds. The first-order valence-electron chi connectivity index (χ1n) is 10.3. The molecule has 9 heteroatoms. The Labute approximate surface area is 178 Å². The lowest BCUT2D eigenvalue weighted by molar-refractivity contribution is -0.229. The number of aliphatic hydroxyl groups excluding tert-OH is 3. The summed E-state index contributed by atoms with van der Waals surface area (Å²) in [7, 11) is 0. The molecule has 0 bridgehead atoms. The molecule has 0 unspecified atom stereocenters. The minimum Gasteiger partial charge on any atom is -0.507 e. The second-order valence-corrected chi connectivity index (χ2v) is 8.52. The number of carbonyl (C=O) groups excluding carboxylic acids is 2. The van der Waals surface area contributed by atoms with Crippen LogP contribution in [0.25, 0.3) is 0 Å². The number of ketones is 2. The number of allylic oxidation sites excluding steroid dienone is 1. The number of phenols is 1. The molecule has 31 heavy (non-hydrogen) atoms. The molecule has 1 aliphatic carbocycles. The van der Waals surface area contributed by atoms with Crippen molar-refractivity contribution in [3.8, 4) is 5.75 Å². The fourth-order valence-corrected chi connectivity index (χ4v) is 4.69. The van der Waals surface area contributed by atoms with Crippen LogP contribution < -0.4 is 0 Å². The number of aliphatic hydroxyl groups is 4. The van der Waals surface area contributed by atoms with Crippen molar-refractivity contribution in [3.63, 3.8) is 0 Å². The van der Waals surface area contributed by atoms with Crippen LogP contribution in [0.15, 0.2) is 17.7 Å². The van der Waals surface area contributed by atoms with Crippen LogP contribution in [0.4, 0.5) is 0 Å². The maximum absolute atomic E-state index is 13.3. The molecule has 2 aliphatic heterocycles. The monoisotopic (exact) mass is 434 g/mol. The molecule has 1 aromatic carbocycles. The molecule has 4 rings (SSSR count). The smallest absolute Gasteiger partial charge is 0.196 e. The maximum Gasteiger partial charge on any atom is 0.196 e. The summed E-state index contributed by atoms with van der Waals surface area (Å²) in [6.45, 7) is 2.84. The molecule has 0 saturated carbocycles. The number of Topliss-reactive ketones (excluding diaryl/α,β-unsaturated/α-hetero) is 1. The first-order valence-corrected chi connectivity index (χ1v) is 10.3. The third kappa shape index (κ3) is 3.51. The quantitative estimate of drug-likeness (QED) is 0.450. The molecular weight excluding hydrogens is 408 g/mol. The lowest BCUT2D eigenvalue weighted by Crippen LogP contribution is -2.39. The number of fused-ring (bicyclic) bond motifs is 2. The lowest BCUT2D eigenvalue weighted by atomic mass is 9.79. The Bertz CT molecular complexity index is 964. The van der Waals surface area contributed by atoms with Gasteiger partial charge in [-0.3, -0.25) is 9.59 Å². The van der Waals surface area contributed by atoms with E-state index < -0.39 is 60.2 Å². The van der Waals surface area contributed by atoms with Crippen LogP contribution in [-0.2, 0) is 15.9 Å². The minimum absolute atomic E-state index is 0.00954. The molecule has 0 spiro atoms. The van der Waals surface area contributed by atoms with Crippen LogP contribution in [0, 0.1) is 0 Å². The predicted octanol–water partition coefficient (Wildman–Crippen LogP) is 0.301. The van der Waals surface area contributed by atoms with Crippen LogP contribution in [-0.4, -0.2) is 73.9 Å². The number of aromatic hydroxyl groups is 1. The van der Waals surface area contributed by atoms with Crippen LogP contribution in [0.2, 0.25) is 0 Å². The van der Waals surface area contributed by atoms with Crippen LogP contribution in [0.3, 0.4) is 0 Å². The van der Waals surface area contributed by atoms with Gasteiger partial charge in [0, 0.05) is 23.1 Å². The van der Waals surface area contributed by atoms with Crippen molar-refractivity contribution >= 4 is 11.6 Å². The van der Waals surface area contributed by atoms with Crippen molar-refractivity contribution in [2.24, 2.45) is 0 Å². The highest BCUT2D eigenvalue weighted by Crippen LogP contribution is 2.46. The van der Waals surface area contributed by atoms with Crippen molar-refractivity contribution in [1.29, 1.82) is 0 Å². The van der Waals surface area contributed by atoms with Gasteiger partial charge >= 0.3 is 0 Å². The van der Waals surface area contributed by atoms with Gasteiger partial charge in [-0.2, -0.15) is 0 Å². The minimum atomic E-state index is -1.52. The van der Waals surface area contributed by atoms with Crippen LogP contribution in [0.5, 0.6) is 5.75 Å². The molecular formula is C22H26O9. The van der Waals surface area contributed by atoms with Gasteiger partial charge in [-0.1, -0.05) is 13.3 Å². The summed E-state index contributed by atoms with van der Waals surface area (Å²) in [6, 6.07) is 1.49. The van der Waals surface area contributed by atoms with E-state index in [-0.39, 0.29) is 23.1 Å². The zero-order chi connectivity index (χ0) is 22.7. The van der Waals surface area contributed by atoms with Gasteiger partial charge in [-0.05, 0) is 31.1 Å². The highest BCUT2D eigenvalue weighted by Gasteiger charge is 2.48. The third-order valence-corrected chi connectivity index (χ3v) is 6.10. The van der Waals surface area contributed by atoms with E-state index in [1.165, 1.54) is 13.0 Å². The van der Waals surface area contributed by atoms with Gasteiger partial charge in [0.15, 0.2) is 17.4 Å². The van der Waals surface area contributed by atoms with Gasteiger partial charge < -0.3 is 35.0 Å². The zero-order valence-corrected chi connectivity index (χ0v) is 17.2. The molecule has 1 saturated heterocycles. The highest BCUT2D eigenvalue weighted by molar-refractivity contribution is 6.26. The molecule has 1 aromatic rings. The predicted molar refractivity (Wildman–Crippen MR) is 106 cm³/mol. The lowest BCUT2D eigenvalue weighted by Gasteiger charge is -2.37. The summed E-state index contributed by atoms with van der Waals surface area (Å²) in [6.07, 6.45) is -3.81. The Hall–Kier alpha value is -2.14. The van der Waals surface area contributed by atoms with Gasteiger partial charge in [0.2, 0.25) is 0 Å². The van der Waals surface area contributed by atoms with E-state index in [4.69, 9.17) is 9.47 Å². The van der Waals surface area contributed by atoms with E-state index in [9.17, 15) is 35.1 Å². The number of hydrogen-bond acceptors (Lipinski definition) is 9. The molecule has 0 aromatic heterocycles. The maximum atomic E-state index is 13.3. The third-order valence-electron chi connectivity index (χ3n) is 6.10. The van der Waals surface area contributed by atoms with Gasteiger partial charge in [0.05, 0.1) is 18.3 Å². The summed E-state index contributed by atoms with van der Waals surface area (Å²) in [4.78, 5) is 26.2. The fourth-order valence-electron chi connectivity index (χ4n) is 4.69. The SMILES string of the molecule is CCC[C@H]1O[C@@](C)(O)Cc2cc3c(c(O)c21)C(=O)C([C@@H]1O[C@H](CO)[C@@H](O)[C@H]1O)=CC3=O. The van der Waals surface area contributed by atoms with E-state index in [0.29, 0.717) is 24.0 Å². The normalized spacial score (nSPS) is 35.0. The first-order chi connectivity index (χ1) is 14.6. The zero-order valence-electron chi connectivity index (χ0n) is 17.2. The van der Waals surface area contributed by atoms with Crippen LogP contribution >= 0.6 is 0 Å². The summed E-state index contributed by atoms with van der Waals surface area (Å²) in [5.41, 5.74) is 0.452. The fraction of sp³-hybridized carbons (Fsp3) is 0.545. The number of rotatable bonds is 4. The molecule has 5 N–H and O–H groups in total. The van der Waals surface area contributed by atoms with Gasteiger partial charge in [-0.25, -0.2) is 0 Å². The Morgan fingerprint density at radius 1 is 1.23 bits per heavy atom. The molecule has 9 nitrogen and oxygen atoms in total. The van der Waals surface area contributed by atoms with Gasteiger partial charge in [0.25, 0.3) is 0 Å². The largest absolute Gasteiger partial charge is 0.507 e. The molecule has 3 aliphatic rings. The number of hydrogen-bond donors (Lipinski definition) is 5. The molecule has 1 fully saturated rings. The summed E-state index contributed by atoms with van der Waals surface area (Å²) in [5, 5.41) is 51.1. The first kappa shape index (κ1) is 22.1. The van der Waals surface area contributed by atoms with Crippen molar-refractivity contribution in [3.05, 3.63) is 40.0 Å². The van der Waals surface area contributed by atoms with Crippen molar-refractivity contribution < 1.29 is 44.6 Å². The van der Waals surface area contributed by atoms with Crippen molar-refractivity contribution in [2.45, 2.75) is 69.4 Å². The van der Waals surface area contributed by atoms with E-state index >= 15 is 0 Å². The van der Waals surface area contributed by atoms with E-state index in [1.54, 1.807) is 0 Å².